The van der Waals surface area contributed by atoms with Crippen molar-refractivity contribution in [1.82, 2.24) is 10.6 Å². The lowest BCUT2D eigenvalue weighted by molar-refractivity contribution is 0.0942. The third-order valence-electron chi connectivity index (χ3n) is 3.90. The molecule has 2 aromatic carbocycles. The van der Waals surface area contributed by atoms with Gasteiger partial charge in [-0.25, -0.2) is 4.79 Å². The molecule has 0 heterocycles. The number of rotatable bonds is 8. The van der Waals surface area contributed by atoms with Crippen molar-refractivity contribution in [3.63, 3.8) is 0 Å². The van der Waals surface area contributed by atoms with Gasteiger partial charge in [0, 0.05) is 11.6 Å². The molecule has 1 atom stereocenters. The fraction of sp³-hybridized carbons (Fsp3) is 0.333. The Morgan fingerprint density at radius 3 is 2.33 bits per heavy atom. The normalized spacial score (nSPS) is 11.7. The van der Waals surface area contributed by atoms with Gasteiger partial charge in [0.1, 0.15) is 6.61 Å². The molecule has 0 radical (unpaired) electrons. The minimum Gasteiger partial charge on any atom is -0.445 e. The van der Waals surface area contributed by atoms with Crippen molar-refractivity contribution < 1.29 is 19.4 Å². The second-order valence-corrected chi connectivity index (χ2v) is 6.57. The van der Waals surface area contributed by atoms with Crippen LogP contribution in [0.4, 0.5) is 4.79 Å². The van der Waals surface area contributed by atoms with Gasteiger partial charge in [-0.2, -0.15) is 0 Å². The topological polar surface area (TPSA) is 87.7 Å². The van der Waals surface area contributed by atoms with Crippen LogP contribution in [0.3, 0.4) is 0 Å². The van der Waals surface area contributed by atoms with Crippen molar-refractivity contribution in [3.05, 3.63) is 71.3 Å². The van der Waals surface area contributed by atoms with Gasteiger partial charge in [-0.05, 0) is 37.5 Å². The van der Waals surface area contributed by atoms with Crippen LogP contribution < -0.4 is 10.6 Å². The van der Waals surface area contributed by atoms with Gasteiger partial charge in [-0.3, -0.25) is 4.79 Å². The standard InChI is InChI=1S/C21H26N2O4/c1-15(2)22-20(25)19-11-7-6-10-17(19)12-18(13-24)23-21(26)27-14-16-8-4-3-5-9-16/h3-11,15,18,24H,12-14H2,1-2H3,(H,22,25)(H,23,26)/t18-/m1/s1. The SMILES string of the molecule is CC(C)NC(=O)c1ccccc1C[C@H](CO)NC(=O)OCc1ccccc1. The number of hydrogen-bond acceptors (Lipinski definition) is 4. The minimum absolute atomic E-state index is 0.0188. The highest BCUT2D eigenvalue weighted by Crippen LogP contribution is 2.12. The maximum absolute atomic E-state index is 12.3. The lowest BCUT2D eigenvalue weighted by atomic mass is 9.99. The molecular formula is C21H26N2O4. The maximum atomic E-state index is 12.3. The molecule has 2 amide bonds. The summed E-state index contributed by atoms with van der Waals surface area (Å²) < 4.78 is 5.19. The monoisotopic (exact) mass is 370 g/mol. The Hall–Kier alpha value is -2.86. The first-order valence-corrected chi connectivity index (χ1v) is 8.96. The zero-order valence-electron chi connectivity index (χ0n) is 15.6. The molecule has 0 aliphatic rings. The molecule has 0 aromatic heterocycles. The Bertz CT molecular complexity index is 747. The predicted molar refractivity (Wildman–Crippen MR) is 103 cm³/mol. The number of nitrogens with one attached hydrogen (secondary N) is 2. The third-order valence-corrected chi connectivity index (χ3v) is 3.90. The van der Waals surface area contributed by atoms with Crippen molar-refractivity contribution in [2.24, 2.45) is 0 Å². The molecule has 0 spiro atoms. The summed E-state index contributed by atoms with van der Waals surface area (Å²) in [6, 6.07) is 16.0. The fourth-order valence-electron chi connectivity index (χ4n) is 2.62. The van der Waals surface area contributed by atoms with E-state index in [-0.39, 0.29) is 25.2 Å². The van der Waals surface area contributed by atoms with E-state index in [1.165, 1.54) is 0 Å². The van der Waals surface area contributed by atoms with E-state index in [1.54, 1.807) is 12.1 Å². The molecule has 0 aliphatic carbocycles. The van der Waals surface area contributed by atoms with Crippen LogP contribution in [-0.2, 0) is 17.8 Å². The Labute approximate surface area is 159 Å². The molecular weight excluding hydrogens is 344 g/mol. The zero-order chi connectivity index (χ0) is 19.6. The lowest BCUT2D eigenvalue weighted by Gasteiger charge is -2.18. The summed E-state index contributed by atoms with van der Waals surface area (Å²) >= 11 is 0. The second kappa shape index (κ2) is 10.3. The molecule has 0 fully saturated rings. The lowest BCUT2D eigenvalue weighted by Crippen LogP contribution is -2.40. The van der Waals surface area contributed by atoms with Gasteiger partial charge in [-0.15, -0.1) is 0 Å². The Balaban J connectivity index is 1.96. The molecule has 3 N–H and O–H groups in total. The first-order valence-electron chi connectivity index (χ1n) is 8.96. The highest BCUT2D eigenvalue weighted by Gasteiger charge is 2.18. The quantitative estimate of drug-likeness (QED) is 0.667. The van der Waals surface area contributed by atoms with Crippen molar-refractivity contribution >= 4 is 12.0 Å². The van der Waals surface area contributed by atoms with Gasteiger partial charge in [-0.1, -0.05) is 48.5 Å². The largest absolute Gasteiger partial charge is 0.445 e. The Morgan fingerprint density at radius 2 is 1.67 bits per heavy atom. The molecule has 2 aromatic rings. The molecule has 2 rings (SSSR count). The first-order chi connectivity index (χ1) is 13.0. The second-order valence-electron chi connectivity index (χ2n) is 6.57. The molecule has 0 aliphatic heterocycles. The number of aliphatic hydroxyl groups excluding tert-OH is 1. The van der Waals surface area contributed by atoms with Crippen LogP contribution >= 0.6 is 0 Å². The molecule has 6 nitrogen and oxygen atoms in total. The van der Waals surface area contributed by atoms with E-state index in [2.05, 4.69) is 10.6 Å². The van der Waals surface area contributed by atoms with E-state index in [0.717, 1.165) is 11.1 Å². The van der Waals surface area contributed by atoms with Gasteiger partial charge >= 0.3 is 6.09 Å². The van der Waals surface area contributed by atoms with Gasteiger partial charge in [0.2, 0.25) is 0 Å². The maximum Gasteiger partial charge on any atom is 0.407 e. The number of carbonyl (C=O) groups excluding carboxylic acids is 2. The van der Waals surface area contributed by atoms with Crippen LogP contribution in [0, 0.1) is 0 Å². The summed E-state index contributed by atoms with van der Waals surface area (Å²) in [6.45, 7) is 3.67. The number of alkyl carbamates (subject to hydrolysis) is 1. The summed E-state index contributed by atoms with van der Waals surface area (Å²) in [5.41, 5.74) is 2.16. The van der Waals surface area contributed by atoms with Crippen LogP contribution in [0.25, 0.3) is 0 Å². The number of ether oxygens (including phenoxy) is 1. The molecule has 144 valence electrons. The fourth-order valence-corrected chi connectivity index (χ4v) is 2.62. The van der Waals surface area contributed by atoms with E-state index < -0.39 is 12.1 Å². The average Bonchev–Trinajstić information content (AvgIpc) is 2.66. The first kappa shape index (κ1) is 20.5. The summed E-state index contributed by atoms with van der Waals surface area (Å²) in [5, 5.41) is 15.1. The highest BCUT2D eigenvalue weighted by atomic mass is 16.5. The molecule has 0 bridgehead atoms. The third kappa shape index (κ3) is 6.75. The van der Waals surface area contributed by atoms with E-state index >= 15 is 0 Å². The van der Waals surface area contributed by atoms with Gasteiger partial charge in [0.05, 0.1) is 12.6 Å². The molecule has 0 saturated carbocycles. The van der Waals surface area contributed by atoms with Crippen LogP contribution in [0.2, 0.25) is 0 Å². The number of benzene rings is 2. The van der Waals surface area contributed by atoms with Crippen LogP contribution in [-0.4, -0.2) is 35.8 Å². The van der Waals surface area contributed by atoms with Crippen LogP contribution in [0.15, 0.2) is 54.6 Å². The molecule has 0 saturated heterocycles. The van der Waals surface area contributed by atoms with E-state index in [9.17, 15) is 14.7 Å². The highest BCUT2D eigenvalue weighted by molar-refractivity contribution is 5.95. The minimum atomic E-state index is -0.609. The van der Waals surface area contributed by atoms with E-state index in [1.807, 2.05) is 56.3 Å². The summed E-state index contributed by atoms with van der Waals surface area (Å²) in [5.74, 6) is -0.177. The smallest absolute Gasteiger partial charge is 0.407 e. The van der Waals surface area contributed by atoms with E-state index in [0.29, 0.717) is 12.0 Å². The van der Waals surface area contributed by atoms with Crippen molar-refractivity contribution in [2.45, 2.75) is 39.0 Å². The number of aliphatic hydroxyl groups is 1. The van der Waals surface area contributed by atoms with Crippen molar-refractivity contribution in [1.29, 1.82) is 0 Å². The summed E-state index contributed by atoms with van der Waals surface area (Å²) in [7, 11) is 0. The molecule has 27 heavy (non-hydrogen) atoms. The van der Waals surface area contributed by atoms with Crippen molar-refractivity contribution in [2.75, 3.05) is 6.61 Å². The Morgan fingerprint density at radius 1 is 1.00 bits per heavy atom. The summed E-state index contributed by atoms with van der Waals surface area (Å²) in [6.07, 6.45) is -0.291. The molecule has 0 unspecified atom stereocenters. The number of carbonyl (C=O) groups is 2. The Kier molecular flexibility index (Phi) is 7.82. The predicted octanol–water partition coefficient (Wildman–Crippen LogP) is 2.65. The van der Waals surface area contributed by atoms with Crippen LogP contribution in [0.1, 0.15) is 35.3 Å². The number of hydrogen-bond donors (Lipinski definition) is 3. The van der Waals surface area contributed by atoms with Gasteiger partial charge in [0.15, 0.2) is 0 Å². The average molecular weight is 370 g/mol. The number of amides is 2. The van der Waals surface area contributed by atoms with Crippen molar-refractivity contribution in [3.8, 4) is 0 Å². The van der Waals surface area contributed by atoms with Gasteiger partial charge < -0.3 is 20.5 Å². The van der Waals surface area contributed by atoms with Gasteiger partial charge in [0.25, 0.3) is 5.91 Å². The zero-order valence-corrected chi connectivity index (χ0v) is 15.6. The molecule has 6 heteroatoms. The van der Waals surface area contributed by atoms with Crippen LogP contribution in [0.5, 0.6) is 0 Å². The summed E-state index contributed by atoms with van der Waals surface area (Å²) in [4.78, 5) is 24.4. The van der Waals surface area contributed by atoms with E-state index in [4.69, 9.17) is 4.74 Å².